The van der Waals surface area contributed by atoms with E-state index in [9.17, 15) is 5.11 Å². The quantitative estimate of drug-likeness (QED) is 0.835. The predicted molar refractivity (Wildman–Crippen MR) is 63.8 cm³/mol. The first-order chi connectivity index (χ1) is 7.58. The van der Waals surface area contributed by atoms with Gasteiger partial charge in [0, 0.05) is 10.9 Å². The Morgan fingerprint density at radius 3 is 2.75 bits per heavy atom. The van der Waals surface area contributed by atoms with E-state index >= 15 is 0 Å². The van der Waals surface area contributed by atoms with Crippen LogP contribution in [0.1, 0.15) is 28.5 Å². The molecule has 0 aromatic carbocycles. The molecule has 1 aromatic heterocycles. The number of rotatable bonds is 3. The molecule has 1 saturated heterocycles. The first kappa shape index (κ1) is 12.0. The molecule has 90 valence electrons. The van der Waals surface area contributed by atoms with Gasteiger partial charge in [0.2, 0.25) is 0 Å². The molecule has 3 unspecified atom stereocenters. The van der Waals surface area contributed by atoms with Crippen molar-refractivity contribution in [3.05, 3.63) is 15.6 Å². The average Bonchev–Trinajstić information content (AvgIpc) is 2.74. The maximum atomic E-state index is 9.65. The summed E-state index contributed by atoms with van der Waals surface area (Å²) in [6.45, 7) is 7.18. The summed E-state index contributed by atoms with van der Waals surface area (Å²) in [7, 11) is 0. The van der Waals surface area contributed by atoms with Crippen LogP contribution in [0.5, 0.6) is 0 Å². The third-order valence-corrected chi connectivity index (χ3v) is 3.77. The van der Waals surface area contributed by atoms with Crippen LogP contribution in [0.15, 0.2) is 0 Å². The van der Waals surface area contributed by atoms with E-state index in [4.69, 9.17) is 4.74 Å². The minimum absolute atomic E-state index is 0.0245. The van der Waals surface area contributed by atoms with Crippen molar-refractivity contribution < 1.29 is 9.84 Å². The number of aliphatic hydroxyl groups is 1. The standard InChI is InChI=1S/C11H18N2O2S/c1-6(11-7(2)16-8(3)13-11)12-9-4-15-5-10(9)14/h6,9-10,12,14H,4-5H2,1-3H3. The van der Waals surface area contributed by atoms with Crippen molar-refractivity contribution in [2.24, 2.45) is 0 Å². The van der Waals surface area contributed by atoms with Gasteiger partial charge in [-0.2, -0.15) is 0 Å². The molecule has 0 saturated carbocycles. The third kappa shape index (κ3) is 2.43. The Hall–Kier alpha value is -0.490. The zero-order valence-corrected chi connectivity index (χ0v) is 10.7. The molecule has 0 bridgehead atoms. The van der Waals surface area contributed by atoms with Crippen LogP contribution in [0.4, 0.5) is 0 Å². The number of ether oxygens (including phenoxy) is 1. The highest BCUT2D eigenvalue weighted by Gasteiger charge is 2.28. The molecule has 0 amide bonds. The zero-order chi connectivity index (χ0) is 11.7. The van der Waals surface area contributed by atoms with Crippen LogP contribution in [0.25, 0.3) is 0 Å². The van der Waals surface area contributed by atoms with Gasteiger partial charge in [0.05, 0.1) is 36.1 Å². The summed E-state index contributed by atoms with van der Waals surface area (Å²) in [5.41, 5.74) is 1.08. The number of hydrogen-bond acceptors (Lipinski definition) is 5. The summed E-state index contributed by atoms with van der Waals surface area (Å²) in [6.07, 6.45) is -0.400. The minimum atomic E-state index is -0.400. The van der Waals surface area contributed by atoms with Crippen LogP contribution >= 0.6 is 11.3 Å². The van der Waals surface area contributed by atoms with Crippen LogP contribution in [0.2, 0.25) is 0 Å². The van der Waals surface area contributed by atoms with Gasteiger partial charge in [-0.15, -0.1) is 11.3 Å². The van der Waals surface area contributed by atoms with Crippen LogP contribution in [-0.2, 0) is 4.74 Å². The van der Waals surface area contributed by atoms with Gasteiger partial charge in [0.25, 0.3) is 0 Å². The Morgan fingerprint density at radius 1 is 1.50 bits per heavy atom. The molecule has 1 aliphatic rings. The Labute approximate surface area is 99.7 Å². The van der Waals surface area contributed by atoms with Gasteiger partial charge < -0.3 is 15.2 Å². The van der Waals surface area contributed by atoms with Crippen LogP contribution in [-0.4, -0.2) is 35.5 Å². The van der Waals surface area contributed by atoms with E-state index in [1.807, 2.05) is 6.92 Å². The van der Waals surface area contributed by atoms with Gasteiger partial charge in [-0.05, 0) is 20.8 Å². The summed E-state index contributed by atoms with van der Waals surface area (Å²) in [4.78, 5) is 5.75. The summed E-state index contributed by atoms with van der Waals surface area (Å²) >= 11 is 1.71. The van der Waals surface area contributed by atoms with E-state index in [1.165, 1.54) is 4.88 Å². The lowest BCUT2D eigenvalue weighted by Gasteiger charge is -2.19. The van der Waals surface area contributed by atoms with E-state index in [2.05, 4.69) is 24.1 Å². The maximum absolute atomic E-state index is 9.65. The SMILES string of the molecule is Cc1nc(C(C)NC2COCC2O)c(C)s1. The predicted octanol–water partition coefficient (Wildman–Crippen LogP) is 1.17. The highest BCUT2D eigenvalue weighted by Crippen LogP contribution is 2.23. The van der Waals surface area contributed by atoms with Crippen molar-refractivity contribution >= 4 is 11.3 Å². The monoisotopic (exact) mass is 242 g/mol. The second-order valence-electron chi connectivity index (χ2n) is 4.27. The fraction of sp³-hybridized carbons (Fsp3) is 0.727. The zero-order valence-electron chi connectivity index (χ0n) is 9.86. The molecular formula is C11H18N2O2S. The van der Waals surface area contributed by atoms with Gasteiger partial charge >= 0.3 is 0 Å². The van der Waals surface area contributed by atoms with Crippen LogP contribution < -0.4 is 5.32 Å². The molecule has 1 aliphatic heterocycles. The Kier molecular flexibility index (Phi) is 3.59. The summed E-state index contributed by atoms with van der Waals surface area (Å²) in [5.74, 6) is 0. The second-order valence-corrected chi connectivity index (χ2v) is 5.68. The van der Waals surface area contributed by atoms with E-state index in [1.54, 1.807) is 11.3 Å². The van der Waals surface area contributed by atoms with E-state index in [0.29, 0.717) is 13.2 Å². The molecule has 2 rings (SSSR count). The highest BCUT2D eigenvalue weighted by molar-refractivity contribution is 7.11. The summed E-state index contributed by atoms with van der Waals surface area (Å²) in [5, 5.41) is 14.1. The molecular weight excluding hydrogens is 224 g/mol. The largest absolute Gasteiger partial charge is 0.389 e. The van der Waals surface area contributed by atoms with Crippen LogP contribution in [0.3, 0.4) is 0 Å². The number of aliphatic hydroxyl groups excluding tert-OH is 1. The average molecular weight is 242 g/mol. The lowest BCUT2D eigenvalue weighted by Crippen LogP contribution is -2.40. The Balaban J connectivity index is 2.02. The van der Waals surface area contributed by atoms with Gasteiger partial charge in [-0.25, -0.2) is 4.98 Å². The lowest BCUT2D eigenvalue weighted by atomic mass is 10.1. The first-order valence-electron chi connectivity index (χ1n) is 5.53. The molecule has 2 heterocycles. The molecule has 1 aromatic rings. The minimum Gasteiger partial charge on any atom is -0.389 e. The number of thiazole rings is 1. The Bertz CT molecular complexity index is 367. The molecule has 16 heavy (non-hydrogen) atoms. The number of nitrogens with zero attached hydrogens (tertiary/aromatic N) is 1. The van der Waals surface area contributed by atoms with Crippen molar-refractivity contribution in [1.29, 1.82) is 0 Å². The van der Waals surface area contributed by atoms with E-state index in [-0.39, 0.29) is 12.1 Å². The van der Waals surface area contributed by atoms with E-state index in [0.717, 1.165) is 10.7 Å². The second kappa shape index (κ2) is 4.79. The third-order valence-electron chi connectivity index (χ3n) is 2.86. The molecule has 1 fully saturated rings. The maximum Gasteiger partial charge on any atom is 0.0948 e. The number of aromatic nitrogens is 1. The van der Waals surface area contributed by atoms with Crippen molar-refractivity contribution in [1.82, 2.24) is 10.3 Å². The lowest BCUT2D eigenvalue weighted by molar-refractivity contribution is 0.121. The Morgan fingerprint density at radius 2 is 2.25 bits per heavy atom. The van der Waals surface area contributed by atoms with Gasteiger partial charge in [0.15, 0.2) is 0 Å². The van der Waals surface area contributed by atoms with E-state index < -0.39 is 6.10 Å². The molecule has 5 heteroatoms. The van der Waals surface area contributed by atoms with Gasteiger partial charge in [0.1, 0.15) is 0 Å². The smallest absolute Gasteiger partial charge is 0.0948 e. The van der Waals surface area contributed by atoms with Crippen molar-refractivity contribution in [2.45, 2.75) is 39.0 Å². The molecule has 0 aliphatic carbocycles. The first-order valence-corrected chi connectivity index (χ1v) is 6.35. The topological polar surface area (TPSA) is 54.4 Å². The fourth-order valence-corrected chi connectivity index (χ4v) is 2.96. The highest BCUT2D eigenvalue weighted by atomic mass is 32.1. The normalized spacial score (nSPS) is 27.2. The summed E-state index contributed by atoms with van der Waals surface area (Å²) < 4.78 is 5.21. The van der Waals surface area contributed by atoms with Crippen molar-refractivity contribution in [3.63, 3.8) is 0 Å². The van der Waals surface area contributed by atoms with Crippen molar-refractivity contribution in [2.75, 3.05) is 13.2 Å². The van der Waals surface area contributed by atoms with Crippen molar-refractivity contribution in [3.8, 4) is 0 Å². The fourth-order valence-electron chi connectivity index (χ4n) is 2.05. The van der Waals surface area contributed by atoms with Gasteiger partial charge in [-0.3, -0.25) is 0 Å². The number of hydrogen-bond donors (Lipinski definition) is 2. The molecule has 2 N–H and O–H groups in total. The molecule has 0 radical (unpaired) electrons. The van der Waals surface area contributed by atoms with Gasteiger partial charge in [-0.1, -0.05) is 0 Å². The molecule has 3 atom stereocenters. The molecule has 0 spiro atoms. The number of aryl methyl sites for hydroxylation is 2. The van der Waals surface area contributed by atoms with Crippen LogP contribution in [0, 0.1) is 13.8 Å². The summed E-state index contributed by atoms with van der Waals surface area (Å²) in [6, 6.07) is 0.183. The number of nitrogens with one attached hydrogen (secondary N) is 1. The molecule has 4 nitrogen and oxygen atoms in total.